The molecule has 0 bridgehead atoms. The smallest absolute Gasteiger partial charge is 0.292 e. The number of hydrogen-bond acceptors (Lipinski definition) is 5. The molecule has 1 aromatic heterocycles. The predicted octanol–water partition coefficient (Wildman–Crippen LogP) is 1.52. The van der Waals surface area contributed by atoms with Crippen LogP contribution in [0.5, 0.6) is 0 Å². The lowest BCUT2D eigenvalue weighted by Gasteiger charge is -2.07. The summed E-state index contributed by atoms with van der Waals surface area (Å²) in [4.78, 5) is 10.1. The highest BCUT2D eigenvalue weighted by atomic mass is 16.6. The van der Waals surface area contributed by atoms with E-state index < -0.39 is 4.92 Å². The first kappa shape index (κ1) is 11.9. The van der Waals surface area contributed by atoms with Gasteiger partial charge in [0.25, 0.3) is 5.69 Å². The van der Waals surface area contributed by atoms with Crippen LogP contribution in [0.4, 0.5) is 17.1 Å². The molecular weight excluding hydrogens is 234 g/mol. The molecule has 0 aliphatic rings. The van der Waals surface area contributed by atoms with Crippen molar-refractivity contribution in [3.05, 3.63) is 46.3 Å². The molecule has 0 aliphatic heterocycles. The Balaban J connectivity index is 2.09. The molecule has 0 saturated heterocycles. The predicted molar refractivity (Wildman–Crippen MR) is 68.0 cm³/mol. The van der Waals surface area contributed by atoms with E-state index in [1.807, 2.05) is 13.1 Å². The summed E-state index contributed by atoms with van der Waals surface area (Å²) in [6.45, 7) is 0.577. The Bertz CT molecular complexity index is 579. The van der Waals surface area contributed by atoms with Crippen LogP contribution >= 0.6 is 0 Å². The van der Waals surface area contributed by atoms with Crippen molar-refractivity contribution in [3.8, 4) is 0 Å². The summed E-state index contributed by atoms with van der Waals surface area (Å²) in [6, 6.07) is 6.46. The van der Waals surface area contributed by atoms with E-state index in [1.54, 1.807) is 23.0 Å². The molecule has 0 saturated carbocycles. The lowest BCUT2D eigenvalue weighted by atomic mass is 10.2. The fourth-order valence-electron chi connectivity index (χ4n) is 1.60. The molecule has 2 rings (SSSR count). The molecule has 0 radical (unpaired) electrons. The maximum Gasteiger partial charge on any atom is 0.292 e. The molecule has 1 heterocycles. The van der Waals surface area contributed by atoms with E-state index >= 15 is 0 Å². The zero-order chi connectivity index (χ0) is 13.1. The van der Waals surface area contributed by atoms with Crippen molar-refractivity contribution in [2.24, 2.45) is 7.05 Å². The van der Waals surface area contributed by atoms with Crippen molar-refractivity contribution in [1.82, 2.24) is 9.78 Å². The van der Waals surface area contributed by atoms with Crippen LogP contribution in [-0.2, 0) is 13.6 Å². The van der Waals surface area contributed by atoms with Crippen LogP contribution in [0.25, 0.3) is 0 Å². The Morgan fingerprint density at radius 3 is 2.83 bits per heavy atom. The van der Waals surface area contributed by atoms with E-state index in [1.165, 1.54) is 6.07 Å². The second kappa shape index (κ2) is 4.74. The summed E-state index contributed by atoms with van der Waals surface area (Å²) in [5.41, 5.74) is 7.41. The van der Waals surface area contributed by atoms with Crippen molar-refractivity contribution < 1.29 is 4.92 Å². The monoisotopic (exact) mass is 247 g/mol. The van der Waals surface area contributed by atoms with Crippen molar-refractivity contribution in [2.75, 3.05) is 11.1 Å². The van der Waals surface area contributed by atoms with E-state index in [0.29, 0.717) is 6.54 Å². The summed E-state index contributed by atoms with van der Waals surface area (Å²) >= 11 is 0. The average Bonchev–Trinajstić information content (AvgIpc) is 2.72. The van der Waals surface area contributed by atoms with Crippen LogP contribution in [0, 0.1) is 10.1 Å². The van der Waals surface area contributed by atoms with Crippen LogP contribution in [0.15, 0.2) is 30.5 Å². The van der Waals surface area contributed by atoms with Gasteiger partial charge in [-0.15, -0.1) is 0 Å². The molecule has 1 aromatic carbocycles. The van der Waals surface area contributed by atoms with Gasteiger partial charge in [-0.3, -0.25) is 14.8 Å². The number of nitrogens with zero attached hydrogens (tertiary/aromatic N) is 3. The first-order valence-electron chi connectivity index (χ1n) is 5.32. The molecule has 0 amide bonds. The Morgan fingerprint density at radius 2 is 2.28 bits per heavy atom. The zero-order valence-electron chi connectivity index (χ0n) is 9.83. The number of hydrogen-bond donors (Lipinski definition) is 2. The standard InChI is InChI=1S/C11H13N5O2/c1-15-9(4-5-14-15)7-13-8-2-3-11(16(17)18)10(12)6-8/h2-6,13H,7,12H2,1H3. The third-order valence-corrected chi connectivity index (χ3v) is 2.62. The molecule has 2 aromatic rings. The number of benzene rings is 1. The Morgan fingerprint density at radius 1 is 1.50 bits per heavy atom. The summed E-state index contributed by atoms with van der Waals surface area (Å²) in [7, 11) is 1.85. The fourth-order valence-corrected chi connectivity index (χ4v) is 1.60. The molecular formula is C11H13N5O2. The van der Waals surface area contributed by atoms with E-state index in [9.17, 15) is 10.1 Å². The van der Waals surface area contributed by atoms with Gasteiger partial charge in [0.1, 0.15) is 5.69 Å². The van der Waals surface area contributed by atoms with Gasteiger partial charge >= 0.3 is 0 Å². The second-order valence-electron chi connectivity index (χ2n) is 3.83. The van der Waals surface area contributed by atoms with Gasteiger partial charge in [0.05, 0.1) is 17.2 Å². The summed E-state index contributed by atoms with van der Waals surface area (Å²) < 4.78 is 1.75. The summed E-state index contributed by atoms with van der Waals surface area (Å²) in [5.74, 6) is 0. The van der Waals surface area contributed by atoms with Crippen LogP contribution in [0.3, 0.4) is 0 Å². The summed E-state index contributed by atoms with van der Waals surface area (Å²) in [6.07, 6.45) is 1.71. The minimum absolute atomic E-state index is 0.0823. The molecule has 7 heteroatoms. The van der Waals surface area contributed by atoms with Crippen LogP contribution < -0.4 is 11.1 Å². The number of aromatic nitrogens is 2. The highest BCUT2D eigenvalue weighted by molar-refractivity contribution is 5.65. The van der Waals surface area contributed by atoms with E-state index in [-0.39, 0.29) is 11.4 Å². The lowest BCUT2D eigenvalue weighted by molar-refractivity contribution is -0.383. The number of nitrogens with two attached hydrogens (primary N) is 1. The van der Waals surface area contributed by atoms with Gasteiger partial charge in [-0.05, 0) is 18.2 Å². The van der Waals surface area contributed by atoms with Gasteiger partial charge in [0.2, 0.25) is 0 Å². The van der Waals surface area contributed by atoms with Crippen molar-refractivity contribution in [2.45, 2.75) is 6.54 Å². The maximum absolute atomic E-state index is 10.6. The number of nitrogens with one attached hydrogen (secondary N) is 1. The molecule has 0 atom stereocenters. The van der Waals surface area contributed by atoms with Crippen LogP contribution in [-0.4, -0.2) is 14.7 Å². The average molecular weight is 247 g/mol. The van der Waals surface area contributed by atoms with Crippen molar-refractivity contribution >= 4 is 17.1 Å². The summed E-state index contributed by atoms with van der Waals surface area (Å²) in [5, 5.41) is 17.8. The van der Waals surface area contributed by atoms with Gasteiger partial charge in [0.15, 0.2) is 0 Å². The molecule has 7 nitrogen and oxygen atoms in total. The van der Waals surface area contributed by atoms with Gasteiger partial charge in [-0.1, -0.05) is 0 Å². The number of aryl methyl sites for hydroxylation is 1. The minimum Gasteiger partial charge on any atom is -0.393 e. The highest BCUT2D eigenvalue weighted by Crippen LogP contribution is 2.24. The quantitative estimate of drug-likeness (QED) is 0.485. The van der Waals surface area contributed by atoms with Crippen molar-refractivity contribution in [1.29, 1.82) is 0 Å². The second-order valence-corrected chi connectivity index (χ2v) is 3.83. The molecule has 94 valence electrons. The number of anilines is 2. The van der Waals surface area contributed by atoms with Crippen LogP contribution in [0.1, 0.15) is 5.69 Å². The molecule has 18 heavy (non-hydrogen) atoms. The van der Waals surface area contributed by atoms with Gasteiger partial charge in [0, 0.05) is 25.0 Å². The number of rotatable bonds is 4. The molecule has 0 unspecified atom stereocenters. The van der Waals surface area contributed by atoms with E-state index in [2.05, 4.69) is 10.4 Å². The first-order chi connectivity index (χ1) is 8.58. The van der Waals surface area contributed by atoms with Gasteiger partial charge < -0.3 is 11.1 Å². The SMILES string of the molecule is Cn1nccc1CNc1ccc([N+](=O)[O-])c(N)c1. The van der Waals surface area contributed by atoms with Gasteiger partial charge in [-0.2, -0.15) is 5.10 Å². The Kier molecular flexibility index (Phi) is 3.13. The fraction of sp³-hybridized carbons (Fsp3) is 0.182. The lowest BCUT2D eigenvalue weighted by Crippen LogP contribution is -2.06. The maximum atomic E-state index is 10.6. The minimum atomic E-state index is -0.500. The zero-order valence-corrected chi connectivity index (χ0v) is 9.83. The Labute approximate surface area is 103 Å². The third kappa shape index (κ3) is 2.40. The normalized spacial score (nSPS) is 10.3. The first-order valence-corrected chi connectivity index (χ1v) is 5.32. The topological polar surface area (TPSA) is 99.0 Å². The van der Waals surface area contributed by atoms with Crippen LogP contribution in [0.2, 0.25) is 0 Å². The third-order valence-electron chi connectivity index (χ3n) is 2.62. The van der Waals surface area contributed by atoms with Crippen molar-refractivity contribution in [3.63, 3.8) is 0 Å². The molecule has 0 fully saturated rings. The Hall–Kier alpha value is -2.57. The number of nitro groups is 1. The van der Waals surface area contributed by atoms with E-state index in [0.717, 1.165) is 11.4 Å². The number of nitrogen functional groups attached to an aromatic ring is 1. The molecule has 3 N–H and O–H groups in total. The molecule has 0 spiro atoms. The molecule has 0 aliphatic carbocycles. The van der Waals surface area contributed by atoms with E-state index in [4.69, 9.17) is 5.73 Å². The largest absolute Gasteiger partial charge is 0.393 e. The number of nitro benzene ring substituents is 1. The highest BCUT2D eigenvalue weighted by Gasteiger charge is 2.10. The van der Waals surface area contributed by atoms with Gasteiger partial charge in [-0.25, -0.2) is 0 Å².